The van der Waals surface area contributed by atoms with E-state index >= 15 is 0 Å². The van der Waals surface area contributed by atoms with E-state index in [-0.39, 0.29) is 17.2 Å². The molecule has 0 aliphatic heterocycles. The molecule has 0 radical (unpaired) electrons. The molecule has 5 N–H and O–H groups in total. The molecule has 1 atom stereocenters. The van der Waals surface area contributed by atoms with Gasteiger partial charge in [-0.15, -0.1) is 0 Å². The van der Waals surface area contributed by atoms with Crippen molar-refractivity contribution in [1.82, 2.24) is 15.3 Å². The molecule has 0 saturated heterocycles. The number of phenolic OH excluding ortho intramolecular Hbond substituents is 1. The fraction of sp³-hybridized carbons (Fsp3) is 0.500. The number of unbranched alkanes of at least 4 members (excludes halogenated alkanes) is 1. The third-order valence-electron chi connectivity index (χ3n) is 4.75. The maximum absolute atomic E-state index is 12.1. The first-order chi connectivity index (χ1) is 13.8. The standard InChI is InChI=1S/C22H32N4O3/c1-14(2)12-20-22(29)26-19(15(3)25-20)6-4-5-11-24-21(28)18(23)13-16-7-9-17(27)10-8-16/h7-10,14,18,27H,4-6,11-13,23H2,1-3H3,(H,24,28)(H,26,29)/t18-/m0/s1. The summed E-state index contributed by atoms with van der Waals surface area (Å²) < 4.78 is 0. The molecular weight excluding hydrogens is 368 g/mol. The van der Waals surface area contributed by atoms with Gasteiger partial charge in [-0.1, -0.05) is 26.0 Å². The van der Waals surface area contributed by atoms with Crippen LogP contribution in [0.2, 0.25) is 0 Å². The summed E-state index contributed by atoms with van der Waals surface area (Å²) in [6.45, 7) is 6.58. The van der Waals surface area contributed by atoms with Crippen LogP contribution >= 0.6 is 0 Å². The molecule has 7 heteroatoms. The van der Waals surface area contributed by atoms with Crippen LogP contribution in [-0.4, -0.2) is 33.6 Å². The summed E-state index contributed by atoms with van der Waals surface area (Å²) in [7, 11) is 0. The Bertz CT molecular complexity index is 859. The van der Waals surface area contributed by atoms with E-state index in [9.17, 15) is 14.7 Å². The number of H-pyrrole nitrogens is 1. The number of benzene rings is 1. The second kappa shape index (κ2) is 10.8. The Morgan fingerprint density at radius 1 is 1.21 bits per heavy atom. The van der Waals surface area contributed by atoms with Gasteiger partial charge < -0.3 is 21.1 Å². The molecule has 2 aromatic rings. The van der Waals surface area contributed by atoms with Gasteiger partial charge in [-0.3, -0.25) is 14.6 Å². The molecule has 0 unspecified atom stereocenters. The molecule has 1 amide bonds. The van der Waals surface area contributed by atoms with E-state index in [0.717, 1.165) is 29.8 Å². The fourth-order valence-corrected chi connectivity index (χ4v) is 3.14. The topological polar surface area (TPSA) is 121 Å². The minimum atomic E-state index is -0.629. The van der Waals surface area contributed by atoms with E-state index < -0.39 is 6.04 Å². The minimum Gasteiger partial charge on any atom is -0.508 e. The predicted octanol–water partition coefficient (Wildman–Crippen LogP) is 1.99. The first-order valence-electron chi connectivity index (χ1n) is 10.2. The lowest BCUT2D eigenvalue weighted by Crippen LogP contribution is -2.42. The highest BCUT2D eigenvalue weighted by Gasteiger charge is 2.14. The summed E-state index contributed by atoms with van der Waals surface area (Å²) in [4.78, 5) is 31.7. The highest BCUT2D eigenvalue weighted by atomic mass is 16.3. The third-order valence-corrected chi connectivity index (χ3v) is 4.75. The molecule has 0 aliphatic carbocycles. The number of aromatic nitrogens is 2. The number of aromatic amines is 1. The van der Waals surface area contributed by atoms with Crippen molar-refractivity contribution in [2.75, 3.05) is 6.54 Å². The Hall–Kier alpha value is -2.67. The lowest BCUT2D eigenvalue weighted by molar-refractivity contribution is -0.122. The summed E-state index contributed by atoms with van der Waals surface area (Å²) in [6.07, 6.45) is 3.42. The average Bonchev–Trinajstić information content (AvgIpc) is 2.66. The number of amides is 1. The Kier molecular flexibility index (Phi) is 8.39. The number of hydrogen-bond acceptors (Lipinski definition) is 5. The summed E-state index contributed by atoms with van der Waals surface area (Å²) >= 11 is 0. The average molecular weight is 401 g/mol. The van der Waals surface area contributed by atoms with Crippen molar-refractivity contribution >= 4 is 5.91 Å². The van der Waals surface area contributed by atoms with Gasteiger partial charge in [0.2, 0.25) is 5.91 Å². The van der Waals surface area contributed by atoms with Crippen LogP contribution in [-0.2, 0) is 24.1 Å². The molecule has 0 spiro atoms. The van der Waals surface area contributed by atoms with Gasteiger partial charge in [0, 0.05) is 12.2 Å². The number of rotatable bonds is 10. The van der Waals surface area contributed by atoms with Crippen molar-refractivity contribution < 1.29 is 9.90 Å². The highest BCUT2D eigenvalue weighted by molar-refractivity contribution is 5.81. The number of hydrogen-bond donors (Lipinski definition) is 4. The second-order valence-corrected chi connectivity index (χ2v) is 7.90. The van der Waals surface area contributed by atoms with Crippen LogP contribution in [0.3, 0.4) is 0 Å². The lowest BCUT2D eigenvalue weighted by atomic mass is 10.1. The molecule has 1 aromatic carbocycles. The van der Waals surface area contributed by atoms with Gasteiger partial charge in [-0.2, -0.15) is 0 Å². The third kappa shape index (κ3) is 7.34. The van der Waals surface area contributed by atoms with Gasteiger partial charge in [0.25, 0.3) is 5.56 Å². The Labute approximate surface area is 171 Å². The van der Waals surface area contributed by atoms with Gasteiger partial charge in [0.15, 0.2) is 0 Å². The normalized spacial score (nSPS) is 12.2. The Morgan fingerprint density at radius 3 is 2.55 bits per heavy atom. The van der Waals surface area contributed by atoms with Crippen LogP contribution in [0, 0.1) is 12.8 Å². The number of nitrogens with one attached hydrogen (secondary N) is 2. The van der Waals surface area contributed by atoms with Crippen LogP contribution in [0.1, 0.15) is 49.3 Å². The number of nitrogens with two attached hydrogens (primary N) is 1. The number of aryl methyl sites for hydroxylation is 2. The lowest BCUT2D eigenvalue weighted by Gasteiger charge is -2.13. The van der Waals surface area contributed by atoms with Crippen molar-refractivity contribution in [3.05, 3.63) is 57.3 Å². The largest absolute Gasteiger partial charge is 0.508 e. The van der Waals surface area contributed by atoms with Gasteiger partial charge in [0.1, 0.15) is 11.4 Å². The van der Waals surface area contributed by atoms with Crippen molar-refractivity contribution in [2.24, 2.45) is 11.7 Å². The number of aromatic hydroxyl groups is 1. The van der Waals surface area contributed by atoms with Crippen LogP contribution < -0.4 is 16.6 Å². The molecule has 0 fully saturated rings. The van der Waals surface area contributed by atoms with Gasteiger partial charge in [-0.25, -0.2) is 0 Å². The van der Waals surface area contributed by atoms with Crippen molar-refractivity contribution in [3.8, 4) is 5.75 Å². The van der Waals surface area contributed by atoms with Crippen molar-refractivity contribution in [1.29, 1.82) is 0 Å². The Balaban J connectivity index is 1.73. The molecule has 0 aliphatic rings. The molecule has 7 nitrogen and oxygen atoms in total. The fourth-order valence-electron chi connectivity index (χ4n) is 3.14. The van der Waals surface area contributed by atoms with E-state index in [2.05, 4.69) is 29.1 Å². The molecule has 2 rings (SSSR count). The number of phenols is 1. The molecule has 1 aromatic heterocycles. The maximum Gasteiger partial charge on any atom is 0.269 e. The molecule has 158 valence electrons. The Morgan fingerprint density at radius 2 is 1.90 bits per heavy atom. The molecular formula is C22H32N4O3. The van der Waals surface area contributed by atoms with Crippen LogP contribution in [0.15, 0.2) is 29.1 Å². The number of carbonyl (C=O) groups excluding carboxylic acids is 1. The summed E-state index contributed by atoms with van der Waals surface area (Å²) in [6, 6.07) is 6.04. The summed E-state index contributed by atoms with van der Waals surface area (Å²) in [5.74, 6) is 0.383. The van der Waals surface area contributed by atoms with E-state index in [4.69, 9.17) is 5.73 Å². The van der Waals surface area contributed by atoms with Gasteiger partial charge in [-0.05, 0) is 62.6 Å². The first-order valence-corrected chi connectivity index (χ1v) is 10.2. The van der Waals surface area contributed by atoms with Gasteiger partial charge >= 0.3 is 0 Å². The zero-order valence-corrected chi connectivity index (χ0v) is 17.5. The van der Waals surface area contributed by atoms with Crippen molar-refractivity contribution in [2.45, 2.75) is 58.9 Å². The minimum absolute atomic E-state index is 0.104. The zero-order valence-electron chi connectivity index (χ0n) is 17.5. The smallest absolute Gasteiger partial charge is 0.269 e. The van der Waals surface area contributed by atoms with E-state index in [1.165, 1.54) is 0 Å². The van der Waals surface area contributed by atoms with Crippen molar-refractivity contribution in [3.63, 3.8) is 0 Å². The zero-order chi connectivity index (χ0) is 21.4. The maximum atomic E-state index is 12.1. The first kappa shape index (κ1) is 22.6. The van der Waals surface area contributed by atoms with Gasteiger partial charge in [0.05, 0.1) is 11.7 Å². The molecule has 1 heterocycles. The second-order valence-electron chi connectivity index (χ2n) is 7.90. The number of carbonyl (C=O) groups is 1. The van der Waals surface area contributed by atoms with Crippen LogP contribution in [0.5, 0.6) is 5.75 Å². The SMILES string of the molecule is Cc1nc(CC(C)C)c(=O)[nH]c1CCCCNC(=O)[C@@H](N)Cc1ccc(O)cc1. The molecule has 29 heavy (non-hydrogen) atoms. The molecule has 0 saturated carbocycles. The summed E-state index contributed by atoms with van der Waals surface area (Å²) in [5.41, 5.74) is 9.07. The van der Waals surface area contributed by atoms with Crippen LogP contribution in [0.4, 0.5) is 0 Å². The molecule has 0 bridgehead atoms. The van der Waals surface area contributed by atoms with E-state index in [1.54, 1.807) is 24.3 Å². The van der Waals surface area contributed by atoms with E-state index in [0.29, 0.717) is 37.4 Å². The quantitative estimate of drug-likeness (QED) is 0.455. The monoisotopic (exact) mass is 400 g/mol. The predicted molar refractivity (Wildman–Crippen MR) is 114 cm³/mol. The van der Waals surface area contributed by atoms with E-state index in [1.807, 2.05) is 6.92 Å². The van der Waals surface area contributed by atoms with Crippen LogP contribution in [0.25, 0.3) is 0 Å². The summed E-state index contributed by atoms with van der Waals surface area (Å²) in [5, 5.41) is 12.2. The highest BCUT2D eigenvalue weighted by Crippen LogP contribution is 2.11. The number of nitrogens with zero attached hydrogens (tertiary/aromatic N) is 1.